The third kappa shape index (κ3) is 1.52. The first kappa shape index (κ1) is 11.5. The second-order valence-electron chi connectivity index (χ2n) is 4.50. The fourth-order valence-corrected chi connectivity index (χ4v) is 2.88. The van der Waals surface area contributed by atoms with Crippen LogP contribution in [0.4, 0.5) is 0 Å². The van der Waals surface area contributed by atoms with Gasteiger partial charge in [-0.1, -0.05) is 24.3 Å². The van der Waals surface area contributed by atoms with Crippen LogP contribution in [-0.2, 0) is 16.0 Å². The van der Waals surface area contributed by atoms with Gasteiger partial charge in [0.05, 0.1) is 5.57 Å². The molecule has 0 N–H and O–H groups in total. The van der Waals surface area contributed by atoms with Crippen LogP contribution in [-0.4, -0.2) is 29.0 Å². The average Bonchev–Trinajstić information content (AvgIpc) is 2.64. The van der Waals surface area contributed by atoms with Crippen LogP contribution in [0.3, 0.4) is 0 Å². The van der Waals surface area contributed by atoms with Crippen LogP contribution in [0.1, 0.15) is 17.5 Å². The zero-order valence-corrected chi connectivity index (χ0v) is 10.7. The van der Waals surface area contributed by atoms with Gasteiger partial charge >= 0.3 is 0 Å². The van der Waals surface area contributed by atoms with Crippen molar-refractivity contribution in [3.05, 3.63) is 41.0 Å². The minimum absolute atomic E-state index is 0.126. The van der Waals surface area contributed by atoms with Crippen LogP contribution < -0.4 is 0 Å². The number of carbonyl (C=O) groups excluding carboxylic acids is 2. The molecule has 0 spiro atoms. The quantitative estimate of drug-likeness (QED) is 0.648. The Bertz CT molecular complexity index is 577. The molecular formula is C14H13NO2S. The van der Waals surface area contributed by atoms with Gasteiger partial charge in [-0.2, -0.15) is 12.6 Å². The summed E-state index contributed by atoms with van der Waals surface area (Å²) in [6.07, 6.45) is 1.50. The normalized spacial score (nSPS) is 18.2. The number of amides is 2. The fraction of sp³-hybridized carbons (Fsp3) is 0.286. The lowest BCUT2D eigenvalue weighted by atomic mass is 9.87. The highest BCUT2D eigenvalue weighted by molar-refractivity contribution is 7.80. The Morgan fingerprint density at radius 3 is 2.67 bits per heavy atom. The molecule has 1 aliphatic heterocycles. The van der Waals surface area contributed by atoms with Crippen molar-refractivity contribution in [2.75, 3.05) is 12.3 Å². The van der Waals surface area contributed by atoms with Crippen molar-refractivity contribution in [2.24, 2.45) is 0 Å². The summed E-state index contributed by atoms with van der Waals surface area (Å²) in [6.45, 7) is 0.385. The van der Waals surface area contributed by atoms with E-state index in [1.165, 1.54) is 4.90 Å². The minimum Gasteiger partial charge on any atom is -0.274 e. The number of benzene rings is 1. The predicted molar refractivity (Wildman–Crippen MR) is 72.3 cm³/mol. The topological polar surface area (TPSA) is 37.4 Å². The standard InChI is InChI=1S/C14H13NO2S/c16-13-11-6-5-9-3-1-2-4-10(9)12(11)14(17)15(13)7-8-18/h1-4,18H,5-8H2. The van der Waals surface area contributed by atoms with Crippen LogP contribution in [0, 0.1) is 0 Å². The molecule has 0 fully saturated rings. The predicted octanol–water partition coefficient (Wildman–Crippen LogP) is 1.68. The van der Waals surface area contributed by atoms with Crippen molar-refractivity contribution in [3.63, 3.8) is 0 Å². The second kappa shape index (κ2) is 4.28. The lowest BCUT2D eigenvalue weighted by Crippen LogP contribution is -2.33. The first-order valence-electron chi connectivity index (χ1n) is 6.02. The molecule has 0 saturated carbocycles. The van der Waals surface area contributed by atoms with E-state index >= 15 is 0 Å². The van der Waals surface area contributed by atoms with Gasteiger partial charge < -0.3 is 0 Å². The van der Waals surface area contributed by atoms with Crippen LogP contribution in [0.5, 0.6) is 0 Å². The monoisotopic (exact) mass is 259 g/mol. The molecule has 2 aliphatic rings. The molecule has 0 saturated heterocycles. The molecule has 1 aliphatic carbocycles. The zero-order valence-electron chi connectivity index (χ0n) is 9.85. The summed E-state index contributed by atoms with van der Waals surface area (Å²) in [5, 5.41) is 0. The largest absolute Gasteiger partial charge is 0.274 e. The Hall–Kier alpha value is -1.55. The average molecular weight is 259 g/mol. The summed E-state index contributed by atoms with van der Waals surface area (Å²) in [5.41, 5.74) is 3.38. The van der Waals surface area contributed by atoms with Crippen molar-refractivity contribution >= 4 is 30.0 Å². The lowest BCUT2D eigenvalue weighted by Gasteiger charge is -2.15. The van der Waals surface area contributed by atoms with Crippen molar-refractivity contribution < 1.29 is 9.59 Å². The number of fused-ring (bicyclic) bond motifs is 2. The first-order chi connectivity index (χ1) is 8.74. The molecule has 0 bridgehead atoms. The van der Waals surface area contributed by atoms with Crippen molar-refractivity contribution in [2.45, 2.75) is 12.8 Å². The molecule has 0 unspecified atom stereocenters. The van der Waals surface area contributed by atoms with Crippen molar-refractivity contribution in [3.8, 4) is 0 Å². The molecular weight excluding hydrogens is 246 g/mol. The van der Waals surface area contributed by atoms with Crippen LogP contribution in [0.15, 0.2) is 29.8 Å². The summed E-state index contributed by atoms with van der Waals surface area (Å²) in [7, 11) is 0. The highest BCUT2D eigenvalue weighted by Crippen LogP contribution is 2.37. The smallest absolute Gasteiger partial charge is 0.261 e. The van der Waals surface area contributed by atoms with Crippen molar-refractivity contribution in [1.82, 2.24) is 4.90 Å². The van der Waals surface area contributed by atoms with Gasteiger partial charge in [0.25, 0.3) is 11.8 Å². The number of aryl methyl sites for hydroxylation is 1. The minimum atomic E-state index is -0.156. The number of nitrogens with zero attached hydrogens (tertiary/aromatic N) is 1. The SMILES string of the molecule is O=C1C2=C(C(=O)N1CCS)c1ccccc1CC2. The van der Waals surface area contributed by atoms with Gasteiger partial charge in [-0.05, 0) is 24.0 Å². The van der Waals surface area contributed by atoms with Crippen molar-refractivity contribution in [1.29, 1.82) is 0 Å². The fourth-order valence-electron chi connectivity index (χ4n) is 2.68. The Morgan fingerprint density at radius 2 is 1.89 bits per heavy atom. The first-order valence-corrected chi connectivity index (χ1v) is 6.65. The number of imide groups is 1. The summed E-state index contributed by atoms with van der Waals surface area (Å²) in [5.74, 6) is 0.217. The van der Waals surface area contributed by atoms with Gasteiger partial charge in [0.1, 0.15) is 0 Å². The van der Waals surface area contributed by atoms with E-state index in [9.17, 15) is 9.59 Å². The molecule has 3 rings (SSSR count). The van der Waals surface area contributed by atoms with Gasteiger partial charge in [-0.15, -0.1) is 0 Å². The summed E-state index contributed by atoms with van der Waals surface area (Å²) in [6, 6.07) is 7.84. The second-order valence-corrected chi connectivity index (χ2v) is 4.94. The molecule has 1 aromatic rings. The van der Waals surface area contributed by atoms with Crippen LogP contribution in [0.25, 0.3) is 5.57 Å². The Kier molecular flexibility index (Phi) is 2.74. The third-order valence-electron chi connectivity index (χ3n) is 3.52. The molecule has 18 heavy (non-hydrogen) atoms. The highest BCUT2D eigenvalue weighted by Gasteiger charge is 2.40. The third-order valence-corrected chi connectivity index (χ3v) is 3.72. The number of rotatable bonds is 2. The molecule has 3 nitrogen and oxygen atoms in total. The van der Waals surface area contributed by atoms with Gasteiger partial charge in [-0.3, -0.25) is 14.5 Å². The summed E-state index contributed by atoms with van der Waals surface area (Å²) < 4.78 is 0. The van der Waals surface area contributed by atoms with E-state index in [1.54, 1.807) is 0 Å². The molecule has 0 radical (unpaired) electrons. The van der Waals surface area contributed by atoms with E-state index in [-0.39, 0.29) is 11.8 Å². The van der Waals surface area contributed by atoms with E-state index in [4.69, 9.17) is 0 Å². The maximum Gasteiger partial charge on any atom is 0.261 e. The van der Waals surface area contributed by atoms with E-state index in [2.05, 4.69) is 12.6 Å². The van der Waals surface area contributed by atoms with Gasteiger partial charge in [-0.25, -0.2) is 0 Å². The van der Waals surface area contributed by atoms with E-state index in [0.29, 0.717) is 29.9 Å². The molecule has 1 heterocycles. The Labute approximate surface area is 111 Å². The zero-order chi connectivity index (χ0) is 12.7. The van der Waals surface area contributed by atoms with Gasteiger partial charge in [0, 0.05) is 17.9 Å². The summed E-state index contributed by atoms with van der Waals surface area (Å²) in [4.78, 5) is 25.8. The van der Waals surface area contributed by atoms with E-state index in [0.717, 1.165) is 17.5 Å². The van der Waals surface area contributed by atoms with Crippen LogP contribution in [0.2, 0.25) is 0 Å². The lowest BCUT2D eigenvalue weighted by molar-refractivity contribution is -0.136. The molecule has 2 amide bonds. The van der Waals surface area contributed by atoms with E-state index < -0.39 is 0 Å². The maximum atomic E-state index is 12.3. The number of thiol groups is 1. The molecule has 1 aromatic carbocycles. The van der Waals surface area contributed by atoms with Gasteiger partial charge in [0.2, 0.25) is 0 Å². The number of hydrogen-bond acceptors (Lipinski definition) is 3. The molecule has 92 valence electrons. The van der Waals surface area contributed by atoms with Crippen LogP contribution >= 0.6 is 12.6 Å². The highest BCUT2D eigenvalue weighted by atomic mass is 32.1. The Balaban J connectivity index is 2.10. The molecule has 4 heteroatoms. The molecule has 0 atom stereocenters. The van der Waals surface area contributed by atoms with Gasteiger partial charge in [0.15, 0.2) is 0 Å². The summed E-state index contributed by atoms with van der Waals surface area (Å²) >= 11 is 4.10. The maximum absolute atomic E-state index is 12.3. The number of hydrogen-bond donors (Lipinski definition) is 1. The molecule has 0 aromatic heterocycles. The Morgan fingerprint density at radius 1 is 1.11 bits per heavy atom. The van der Waals surface area contributed by atoms with E-state index in [1.807, 2.05) is 24.3 Å². The number of carbonyl (C=O) groups is 2.